The highest BCUT2D eigenvalue weighted by atomic mass is 16.6. The fraction of sp³-hybridized carbons (Fsp3) is 0.350. The molecule has 4 rings (SSSR count). The smallest absolute Gasteiger partial charge is 0.269 e. The molecule has 1 aromatic heterocycles. The highest BCUT2D eigenvalue weighted by Gasteiger charge is 2.27. The van der Waals surface area contributed by atoms with E-state index in [1.807, 2.05) is 42.5 Å². The van der Waals surface area contributed by atoms with Crippen LogP contribution < -0.4 is 10.2 Å². The summed E-state index contributed by atoms with van der Waals surface area (Å²) in [6.07, 6.45) is 4.54. The number of aromatic nitrogens is 1. The van der Waals surface area contributed by atoms with Crippen LogP contribution in [-0.2, 0) is 16.2 Å². The average Bonchev–Trinajstić information content (AvgIpc) is 3.39. The molecule has 134 valence electrons. The van der Waals surface area contributed by atoms with Crippen molar-refractivity contribution in [3.63, 3.8) is 0 Å². The van der Waals surface area contributed by atoms with Gasteiger partial charge in [0.25, 0.3) is 5.91 Å². The molecule has 1 saturated heterocycles. The van der Waals surface area contributed by atoms with Crippen molar-refractivity contribution >= 4 is 17.4 Å². The molecule has 6 nitrogen and oxygen atoms in total. The van der Waals surface area contributed by atoms with E-state index in [4.69, 9.17) is 4.84 Å². The van der Waals surface area contributed by atoms with Gasteiger partial charge in [-0.3, -0.25) is 4.79 Å². The number of carbonyl (C=O) groups is 1. The van der Waals surface area contributed by atoms with Crippen molar-refractivity contribution in [1.82, 2.24) is 10.3 Å². The van der Waals surface area contributed by atoms with Gasteiger partial charge in [0.1, 0.15) is 11.5 Å². The first-order valence-electron chi connectivity index (χ1n) is 9.05. The minimum atomic E-state index is -0.181. The Morgan fingerprint density at radius 3 is 2.81 bits per heavy atom. The van der Waals surface area contributed by atoms with Crippen LogP contribution in [0.2, 0.25) is 0 Å². The monoisotopic (exact) mass is 350 g/mol. The quantitative estimate of drug-likeness (QED) is 0.900. The van der Waals surface area contributed by atoms with Crippen LogP contribution in [0.25, 0.3) is 0 Å². The Balaban J connectivity index is 1.32. The summed E-state index contributed by atoms with van der Waals surface area (Å²) < 4.78 is 0. The third-order valence-electron chi connectivity index (χ3n) is 4.80. The molecular weight excluding hydrogens is 328 g/mol. The van der Waals surface area contributed by atoms with Crippen LogP contribution in [0, 0.1) is 0 Å². The molecule has 1 fully saturated rings. The van der Waals surface area contributed by atoms with Crippen molar-refractivity contribution in [3.8, 4) is 0 Å². The predicted octanol–water partition coefficient (Wildman–Crippen LogP) is 2.82. The highest BCUT2D eigenvalue weighted by molar-refractivity contribution is 6.39. The maximum absolute atomic E-state index is 12.4. The topological polar surface area (TPSA) is 66.8 Å². The van der Waals surface area contributed by atoms with E-state index in [0.29, 0.717) is 18.7 Å². The first-order valence-corrected chi connectivity index (χ1v) is 9.05. The summed E-state index contributed by atoms with van der Waals surface area (Å²) >= 11 is 0. The van der Waals surface area contributed by atoms with E-state index in [0.717, 1.165) is 30.0 Å². The van der Waals surface area contributed by atoms with Gasteiger partial charge in [0.05, 0.1) is 0 Å². The Morgan fingerprint density at radius 2 is 2.00 bits per heavy atom. The number of hydrogen-bond donors (Lipinski definition) is 1. The van der Waals surface area contributed by atoms with E-state index in [1.165, 1.54) is 12.8 Å². The number of nitrogens with zero attached hydrogens (tertiary/aromatic N) is 3. The number of anilines is 1. The zero-order valence-electron chi connectivity index (χ0n) is 14.6. The average molecular weight is 350 g/mol. The minimum absolute atomic E-state index is 0.178. The first kappa shape index (κ1) is 16.6. The maximum atomic E-state index is 12.4. The fourth-order valence-corrected chi connectivity index (χ4v) is 3.33. The molecule has 26 heavy (non-hydrogen) atoms. The van der Waals surface area contributed by atoms with Gasteiger partial charge in [-0.05, 0) is 36.1 Å². The van der Waals surface area contributed by atoms with Crippen molar-refractivity contribution in [3.05, 3.63) is 59.8 Å². The second-order valence-electron chi connectivity index (χ2n) is 6.65. The first-order chi connectivity index (χ1) is 12.8. The second-order valence-corrected chi connectivity index (χ2v) is 6.65. The van der Waals surface area contributed by atoms with Gasteiger partial charge >= 0.3 is 0 Å². The van der Waals surface area contributed by atoms with Gasteiger partial charge in [0, 0.05) is 32.3 Å². The molecule has 0 bridgehead atoms. The molecule has 1 amide bonds. The van der Waals surface area contributed by atoms with Crippen molar-refractivity contribution in [2.24, 2.45) is 5.16 Å². The maximum Gasteiger partial charge on any atom is 0.269 e. The highest BCUT2D eigenvalue weighted by Crippen LogP contribution is 2.27. The van der Waals surface area contributed by atoms with Gasteiger partial charge in [-0.25, -0.2) is 4.98 Å². The third-order valence-corrected chi connectivity index (χ3v) is 4.80. The number of nitrogens with one attached hydrogen (secondary N) is 1. The van der Waals surface area contributed by atoms with Gasteiger partial charge in [-0.2, -0.15) is 0 Å². The molecule has 0 saturated carbocycles. The molecule has 1 aromatic carbocycles. The van der Waals surface area contributed by atoms with Crippen LogP contribution in [0.1, 0.15) is 36.5 Å². The molecule has 0 radical (unpaired) electrons. The molecule has 1 atom stereocenters. The Bertz CT molecular complexity index is 800. The van der Waals surface area contributed by atoms with Crippen LogP contribution in [0.3, 0.4) is 0 Å². The number of benzene rings is 1. The van der Waals surface area contributed by atoms with Gasteiger partial charge in [0.2, 0.25) is 0 Å². The molecule has 6 heteroatoms. The summed E-state index contributed by atoms with van der Waals surface area (Å²) in [7, 11) is 0. The fourth-order valence-electron chi connectivity index (χ4n) is 3.33. The van der Waals surface area contributed by atoms with E-state index in [9.17, 15) is 4.79 Å². The Hall–Kier alpha value is -2.89. The van der Waals surface area contributed by atoms with Crippen LogP contribution in [0.15, 0.2) is 53.8 Å². The SMILES string of the molecule is O=C(NCc1ccnc(N2CCCC2)c1)C1=NOC(c2ccccc2)C1. The largest absolute Gasteiger partial charge is 0.387 e. The van der Waals surface area contributed by atoms with Crippen molar-refractivity contribution in [2.75, 3.05) is 18.0 Å². The molecule has 3 heterocycles. The lowest BCUT2D eigenvalue weighted by Gasteiger charge is -2.16. The lowest BCUT2D eigenvalue weighted by atomic mass is 10.0. The summed E-state index contributed by atoms with van der Waals surface area (Å²) in [6.45, 7) is 2.56. The number of rotatable bonds is 5. The molecule has 0 spiro atoms. The minimum Gasteiger partial charge on any atom is -0.387 e. The molecule has 2 aromatic rings. The predicted molar refractivity (Wildman–Crippen MR) is 99.9 cm³/mol. The summed E-state index contributed by atoms with van der Waals surface area (Å²) in [6, 6.07) is 13.8. The zero-order chi connectivity index (χ0) is 17.8. The molecule has 2 aliphatic heterocycles. The summed E-state index contributed by atoms with van der Waals surface area (Å²) in [5.74, 6) is 0.808. The van der Waals surface area contributed by atoms with Crippen molar-refractivity contribution in [2.45, 2.75) is 31.9 Å². The lowest BCUT2D eigenvalue weighted by molar-refractivity contribution is -0.115. The molecule has 0 aliphatic carbocycles. The van der Waals surface area contributed by atoms with E-state index >= 15 is 0 Å². The van der Waals surface area contributed by atoms with Crippen molar-refractivity contribution in [1.29, 1.82) is 0 Å². The summed E-state index contributed by atoms with van der Waals surface area (Å²) in [4.78, 5) is 24.5. The molecular formula is C20H22N4O2. The van der Waals surface area contributed by atoms with Crippen LogP contribution in [0.5, 0.6) is 0 Å². The van der Waals surface area contributed by atoms with Crippen LogP contribution in [-0.4, -0.2) is 29.7 Å². The zero-order valence-corrected chi connectivity index (χ0v) is 14.6. The van der Waals surface area contributed by atoms with E-state index < -0.39 is 0 Å². The van der Waals surface area contributed by atoms with E-state index in [2.05, 4.69) is 20.4 Å². The number of hydrogen-bond acceptors (Lipinski definition) is 5. The lowest BCUT2D eigenvalue weighted by Crippen LogP contribution is -2.30. The van der Waals surface area contributed by atoms with Crippen LogP contribution >= 0.6 is 0 Å². The van der Waals surface area contributed by atoms with Gasteiger partial charge in [-0.15, -0.1) is 0 Å². The second kappa shape index (κ2) is 7.56. The van der Waals surface area contributed by atoms with E-state index in [1.54, 1.807) is 6.20 Å². The molecule has 2 aliphatic rings. The summed E-state index contributed by atoms with van der Waals surface area (Å²) in [5, 5.41) is 6.91. The van der Waals surface area contributed by atoms with Gasteiger partial charge < -0.3 is 15.1 Å². The van der Waals surface area contributed by atoms with Gasteiger partial charge in [0.15, 0.2) is 6.10 Å². The normalized spacial score (nSPS) is 19.2. The molecule has 1 unspecified atom stereocenters. The third kappa shape index (κ3) is 3.69. The number of oxime groups is 1. The van der Waals surface area contributed by atoms with E-state index in [-0.39, 0.29) is 12.0 Å². The Morgan fingerprint density at radius 1 is 1.19 bits per heavy atom. The Labute approximate surface area is 152 Å². The number of pyridine rings is 1. The van der Waals surface area contributed by atoms with Gasteiger partial charge in [-0.1, -0.05) is 35.5 Å². The van der Waals surface area contributed by atoms with Crippen molar-refractivity contribution < 1.29 is 9.63 Å². The number of carbonyl (C=O) groups excluding carboxylic acids is 1. The Kier molecular flexibility index (Phi) is 4.82. The standard InChI is InChI=1S/C20H22N4O2/c25-20(17-13-18(26-23-17)16-6-2-1-3-7-16)22-14-15-8-9-21-19(12-15)24-10-4-5-11-24/h1-3,6-9,12,18H,4-5,10-11,13-14H2,(H,22,25). The van der Waals surface area contributed by atoms with Crippen LogP contribution in [0.4, 0.5) is 5.82 Å². The number of amides is 1. The summed E-state index contributed by atoms with van der Waals surface area (Å²) in [5.41, 5.74) is 2.51. The molecule has 1 N–H and O–H groups in total.